The van der Waals surface area contributed by atoms with E-state index in [1.807, 2.05) is 18.3 Å². The highest BCUT2D eigenvalue weighted by Gasteiger charge is 2.37. The predicted octanol–water partition coefficient (Wildman–Crippen LogP) is 2.05. The van der Waals surface area contributed by atoms with Crippen molar-refractivity contribution in [3.8, 4) is 0 Å². The molecule has 2 unspecified atom stereocenters. The standard InChI is InChI=1S/C14H21N5/c1-11-4-2-3-7-14(11,10-15)18-12-6-9-19-13(17-12)5-8-16-19/h5-6,8-9,11H,2-4,7,10,15H2,1H3,(H,17,18). The number of hydrogen-bond donors (Lipinski definition) is 2. The summed E-state index contributed by atoms with van der Waals surface area (Å²) in [6.07, 6.45) is 8.59. The van der Waals surface area contributed by atoms with E-state index in [1.165, 1.54) is 19.3 Å². The fourth-order valence-corrected chi connectivity index (χ4v) is 3.09. The second-order valence-electron chi connectivity index (χ2n) is 5.58. The average molecular weight is 259 g/mol. The van der Waals surface area contributed by atoms with Crippen LogP contribution in [0.25, 0.3) is 5.65 Å². The molecular formula is C14H21N5. The third kappa shape index (κ3) is 2.18. The van der Waals surface area contributed by atoms with Gasteiger partial charge in [0.15, 0.2) is 5.65 Å². The van der Waals surface area contributed by atoms with Gasteiger partial charge in [0.2, 0.25) is 0 Å². The second kappa shape index (κ2) is 4.81. The average Bonchev–Trinajstić information content (AvgIpc) is 2.89. The third-order valence-electron chi connectivity index (χ3n) is 4.45. The molecule has 3 rings (SSSR count). The zero-order chi connectivity index (χ0) is 13.3. The minimum atomic E-state index is -0.0103. The fourth-order valence-electron chi connectivity index (χ4n) is 3.09. The van der Waals surface area contributed by atoms with E-state index in [0.717, 1.165) is 17.9 Å². The smallest absolute Gasteiger partial charge is 0.157 e. The van der Waals surface area contributed by atoms with E-state index in [9.17, 15) is 0 Å². The van der Waals surface area contributed by atoms with Gasteiger partial charge in [-0.15, -0.1) is 0 Å². The van der Waals surface area contributed by atoms with Crippen LogP contribution >= 0.6 is 0 Å². The SMILES string of the molecule is CC1CCCCC1(CN)Nc1ccn2nccc2n1. The van der Waals surface area contributed by atoms with E-state index in [4.69, 9.17) is 5.73 Å². The molecule has 1 aliphatic carbocycles. The molecule has 1 fully saturated rings. The molecule has 102 valence electrons. The largest absolute Gasteiger partial charge is 0.363 e. The van der Waals surface area contributed by atoms with Gasteiger partial charge < -0.3 is 11.1 Å². The Hall–Kier alpha value is -1.62. The molecule has 0 aromatic carbocycles. The fraction of sp³-hybridized carbons (Fsp3) is 0.571. The number of nitrogens with one attached hydrogen (secondary N) is 1. The summed E-state index contributed by atoms with van der Waals surface area (Å²) in [6.45, 7) is 2.94. The lowest BCUT2D eigenvalue weighted by Crippen LogP contribution is -2.52. The minimum Gasteiger partial charge on any atom is -0.363 e. The predicted molar refractivity (Wildman–Crippen MR) is 76.0 cm³/mol. The molecule has 2 atom stereocenters. The molecule has 0 spiro atoms. The summed E-state index contributed by atoms with van der Waals surface area (Å²) in [7, 11) is 0. The van der Waals surface area contributed by atoms with Crippen LogP contribution in [0.3, 0.4) is 0 Å². The molecule has 2 aromatic rings. The maximum Gasteiger partial charge on any atom is 0.157 e. The first-order valence-corrected chi connectivity index (χ1v) is 7.02. The summed E-state index contributed by atoms with van der Waals surface area (Å²) in [5.74, 6) is 1.47. The van der Waals surface area contributed by atoms with Crippen molar-refractivity contribution in [1.82, 2.24) is 14.6 Å². The van der Waals surface area contributed by atoms with E-state index in [0.29, 0.717) is 12.5 Å². The Morgan fingerprint density at radius 2 is 2.37 bits per heavy atom. The molecule has 1 saturated carbocycles. The van der Waals surface area contributed by atoms with Crippen molar-refractivity contribution in [1.29, 1.82) is 0 Å². The summed E-state index contributed by atoms with van der Waals surface area (Å²) in [4.78, 5) is 4.59. The van der Waals surface area contributed by atoms with Crippen LogP contribution in [0.4, 0.5) is 5.82 Å². The summed E-state index contributed by atoms with van der Waals surface area (Å²) in [6, 6.07) is 3.88. The Kier molecular flexibility index (Phi) is 3.14. The first-order chi connectivity index (χ1) is 9.23. The van der Waals surface area contributed by atoms with Gasteiger partial charge in [0.1, 0.15) is 5.82 Å². The number of nitrogens with zero attached hydrogens (tertiary/aromatic N) is 3. The molecule has 5 heteroatoms. The second-order valence-corrected chi connectivity index (χ2v) is 5.58. The van der Waals surface area contributed by atoms with Crippen LogP contribution in [0.2, 0.25) is 0 Å². The highest BCUT2D eigenvalue weighted by Crippen LogP contribution is 2.35. The van der Waals surface area contributed by atoms with Crippen molar-refractivity contribution in [3.63, 3.8) is 0 Å². The maximum absolute atomic E-state index is 6.06. The van der Waals surface area contributed by atoms with Crippen LogP contribution in [0.5, 0.6) is 0 Å². The number of fused-ring (bicyclic) bond motifs is 1. The monoisotopic (exact) mass is 259 g/mol. The van der Waals surface area contributed by atoms with Gasteiger partial charge in [0.25, 0.3) is 0 Å². The Morgan fingerprint density at radius 1 is 1.47 bits per heavy atom. The molecule has 19 heavy (non-hydrogen) atoms. The van der Waals surface area contributed by atoms with Crippen LogP contribution in [0, 0.1) is 5.92 Å². The first-order valence-electron chi connectivity index (χ1n) is 7.02. The summed E-state index contributed by atoms with van der Waals surface area (Å²) in [5, 5.41) is 7.76. The molecule has 0 saturated heterocycles. The van der Waals surface area contributed by atoms with Crippen molar-refractivity contribution in [3.05, 3.63) is 24.5 Å². The van der Waals surface area contributed by atoms with Gasteiger partial charge in [-0.05, 0) is 24.8 Å². The molecule has 0 bridgehead atoms. The van der Waals surface area contributed by atoms with E-state index in [-0.39, 0.29) is 5.54 Å². The van der Waals surface area contributed by atoms with Crippen LogP contribution in [0.1, 0.15) is 32.6 Å². The van der Waals surface area contributed by atoms with Gasteiger partial charge in [-0.1, -0.05) is 19.8 Å². The van der Waals surface area contributed by atoms with Crippen LogP contribution in [0.15, 0.2) is 24.5 Å². The normalized spacial score (nSPS) is 27.6. The van der Waals surface area contributed by atoms with E-state index < -0.39 is 0 Å². The van der Waals surface area contributed by atoms with Crippen molar-refractivity contribution in [2.45, 2.75) is 38.1 Å². The minimum absolute atomic E-state index is 0.0103. The first kappa shape index (κ1) is 12.4. The molecule has 2 aromatic heterocycles. The lowest BCUT2D eigenvalue weighted by molar-refractivity contribution is 0.235. The molecule has 5 nitrogen and oxygen atoms in total. The Morgan fingerprint density at radius 3 is 3.16 bits per heavy atom. The summed E-state index contributed by atoms with van der Waals surface area (Å²) in [5.41, 5.74) is 6.91. The Labute approximate surface area is 113 Å². The van der Waals surface area contributed by atoms with Gasteiger partial charge in [-0.2, -0.15) is 5.10 Å². The van der Waals surface area contributed by atoms with Crippen LogP contribution in [-0.4, -0.2) is 26.7 Å². The zero-order valence-electron chi connectivity index (χ0n) is 11.3. The van der Waals surface area contributed by atoms with Crippen molar-refractivity contribution < 1.29 is 0 Å². The number of hydrogen-bond acceptors (Lipinski definition) is 4. The molecule has 1 aliphatic rings. The zero-order valence-corrected chi connectivity index (χ0v) is 11.3. The molecule has 0 aliphatic heterocycles. The molecular weight excluding hydrogens is 238 g/mol. The van der Waals surface area contributed by atoms with Crippen LogP contribution < -0.4 is 11.1 Å². The van der Waals surface area contributed by atoms with E-state index in [1.54, 1.807) is 10.7 Å². The molecule has 0 amide bonds. The van der Waals surface area contributed by atoms with Crippen molar-refractivity contribution >= 4 is 11.5 Å². The van der Waals surface area contributed by atoms with Crippen molar-refractivity contribution in [2.24, 2.45) is 11.7 Å². The van der Waals surface area contributed by atoms with Gasteiger partial charge in [-0.25, -0.2) is 9.50 Å². The Bertz CT molecular complexity index is 564. The summed E-state index contributed by atoms with van der Waals surface area (Å²) < 4.78 is 1.77. The maximum atomic E-state index is 6.06. The third-order valence-corrected chi connectivity index (χ3v) is 4.45. The van der Waals surface area contributed by atoms with Crippen molar-refractivity contribution in [2.75, 3.05) is 11.9 Å². The van der Waals surface area contributed by atoms with E-state index in [2.05, 4.69) is 22.3 Å². The molecule has 0 radical (unpaired) electrons. The van der Waals surface area contributed by atoms with Gasteiger partial charge in [-0.3, -0.25) is 0 Å². The lowest BCUT2D eigenvalue weighted by Gasteiger charge is -2.43. The lowest BCUT2D eigenvalue weighted by atomic mass is 9.73. The number of anilines is 1. The topological polar surface area (TPSA) is 68.2 Å². The van der Waals surface area contributed by atoms with Gasteiger partial charge in [0, 0.05) is 18.8 Å². The van der Waals surface area contributed by atoms with E-state index >= 15 is 0 Å². The quantitative estimate of drug-likeness (QED) is 0.885. The number of nitrogens with two attached hydrogens (primary N) is 1. The summed E-state index contributed by atoms with van der Waals surface area (Å²) >= 11 is 0. The van der Waals surface area contributed by atoms with Crippen LogP contribution in [-0.2, 0) is 0 Å². The molecule has 3 N–H and O–H groups in total. The molecule has 2 heterocycles. The highest BCUT2D eigenvalue weighted by atomic mass is 15.2. The highest BCUT2D eigenvalue weighted by molar-refractivity contribution is 5.47. The number of aromatic nitrogens is 3. The number of rotatable bonds is 3. The Balaban J connectivity index is 1.88. The van der Waals surface area contributed by atoms with Gasteiger partial charge >= 0.3 is 0 Å². The van der Waals surface area contributed by atoms with Gasteiger partial charge in [0.05, 0.1) is 11.7 Å².